The number of carbonyl (C=O) groups is 2. The van der Waals surface area contributed by atoms with E-state index in [1.54, 1.807) is 4.90 Å². The minimum absolute atomic E-state index is 0.0881. The first-order valence-electron chi connectivity index (χ1n) is 8.34. The van der Waals surface area contributed by atoms with Crippen molar-refractivity contribution in [1.29, 1.82) is 0 Å². The van der Waals surface area contributed by atoms with E-state index in [1.807, 2.05) is 13.8 Å². The van der Waals surface area contributed by atoms with E-state index in [2.05, 4.69) is 0 Å². The molecule has 144 valence electrons. The molecule has 1 saturated heterocycles. The zero-order valence-electron chi connectivity index (χ0n) is 15.1. The molecule has 1 aliphatic heterocycles. The van der Waals surface area contributed by atoms with Crippen molar-refractivity contribution in [3.63, 3.8) is 0 Å². The molecule has 0 saturated carbocycles. The van der Waals surface area contributed by atoms with Crippen LogP contribution in [0.2, 0.25) is 0 Å². The first-order valence-corrected chi connectivity index (χ1v) is 9.89. The average molecular weight is 384 g/mol. The highest BCUT2D eigenvalue weighted by atomic mass is 32.2. The summed E-state index contributed by atoms with van der Waals surface area (Å²) in [6, 6.07) is 3.79. The summed E-state index contributed by atoms with van der Waals surface area (Å²) in [7, 11) is -2.65. The summed E-state index contributed by atoms with van der Waals surface area (Å²) >= 11 is 0. The highest BCUT2D eigenvalue weighted by Gasteiger charge is 2.29. The maximum Gasteiger partial charge on any atom is 0.342 e. The van der Waals surface area contributed by atoms with Crippen molar-refractivity contribution in [2.24, 2.45) is 5.14 Å². The van der Waals surface area contributed by atoms with Gasteiger partial charge in [-0.1, -0.05) is 0 Å². The molecule has 2 rings (SSSR count). The summed E-state index contributed by atoms with van der Waals surface area (Å²) < 4.78 is 33.1. The predicted octanol–water partition coefficient (Wildman–Crippen LogP) is 1.29. The van der Waals surface area contributed by atoms with Gasteiger partial charge in [-0.05, 0) is 51.3 Å². The van der Waals surface area contributed by atoms with Gasteiger partial charge in [-0.15, -0.1) is 0 Å². The molecule has 9 heteroatoms. The molecular weight excluding hydrogens is 360 g/mol. The number of sulfonamides is 1. The maximum absolute atomic E-state index is 12.4. The number of carbonyl (C=O) groups excluding carboxylic acids is 2. The van der Waals surface area contributed by atoms with E-state index in [1.165, 1.54) is 19.2 Å². The van der Waals surface area contributed by atoms with Crippen LogP contribution in [0, 0.1) is 0 Å². The Morgan fingerprint density at radius 2 is 1.85 bits per heavy atom. The second-order valence-corrected chi connectivity index (χ2v) is 7.97. The van der Waals surface area contributed by atoms with E-state index in [0.29, 0.717) is 0 Å². The molecule has 8 nitrogen and oxygen atoms in total. The summed E-state index contributed by atoms with van der Waals surface area (Å²) in [5.74, 6) is -0.993. The molecule has 0 bridgehead atoms. The van der Waals surface area contributed by atoms with Gasteiger partial charge in [0, 0.05) is 12.1 Å². The molecule has 1 heterocycles. The Morgan fingerprint density at radius 1 is 1.23 bits per heavy atom. The van der Waals surface area contributed by atoms with Crippen molar-refractivity contribution in [3.05, 3.63) is 23.8 Å². The zero-order valence-corrected chi connectivity index (χ0v) is 15.9. The van der Waals surface area contributed by atoms with Gasteiger partial charge in [0.25, 0.3) is 5.91 Å². The van der Waals surface area contributed by atoms with E-state index >= 15 is 0 Å². The van der Waals surface area contributed by atoms with Gasteiger partial charge in [0.15, 0.2) is 6.61 Å². The van der Waals surface area contributed by atoms with Crippen molar-refractivity contribution >= 4 is 21.9 Å². The number of primary sulfonamides is 1. The van der Waals surface area contributed by atoms with Crippen LogP contribution in [0.15, 0.2) is 23.1 Å². The summed E-state index contributed by atoms with van der Waals surface area (Å²) in [5, 5.41) is 5.09. The summed E-state index contributed by atoms with van der Waals surface area (Å²) in [6.07, 6.45) is 2.88. The molecule has 2 N–H and O–H groups in total. The molecule has 1 aliphatic rings. The molecule has 1 amide bonds. The Bertz CT molecular complexity index is 782. The minimum Gasteiger partial charge on any atom is -0.496 e. The van der Waals surface area contributed by atoms with Crippen molar-refractivity contribution in [2.45, 2.75) is 50.1 Å². The fraction of sp³-hybridized carbons (Fsp3) is 0.529. The number of hydrogen-bond acceptors (Lipinski definition) is 6. The van der Waals surface area contributed by atoms with E-state index < -0.39 is 22.6 Å². The monoisotopic (exact) mass is 384 g/mol. The molecule has 26 heavy (non-hydrogen) atoms. The van der Waals surface area contributed by atoms with Crippen LogP contribution in [0.25, 0.3) is 0 Å². The molecule has 1 fully saturated rings. The topological polar surface area (TPSA) is 116 Å². The van der Waals surface area contributed by atoms with E-state index in [-0.39, 0.29) is 34.2 Å². The standard InChI is InChI=1S/C17H24N2O6S/c1-11-5-4-6-12(2)19(11)16(20)10-25-17(21)14-9-13(26(18,22)23)7-8-15(14)24-3/h7-9,11-12H,4-6,10H2,1-3H3,(H2,18,22,23)/t11-,12-/m0/s1. The zero-order chi connectivity index (χ0) is 19.5. The third-order valence-electron chi connectivity index (χ3n) is 4.53. The lowest BCUT2D eigenvalue weighted by Crippen LogP contribution is -2.49. The Labute approximate surface area is 153 Å². The summed E-state index contributed by atoms with van der Waals surface area (Å²) in [5.41, 5.74) is -0.105. The van der Waals surface area contributed by atoms with Crippen LogP contribution in [0.5, 0.6) is 5.75 Å². The van der Waals surface area contributed by atoms with Crippen LogP contribution in [0.3, 0.4) is 0 Å². The molecule has 1 aromatic rings. The number of rotatable bonds is 5. The van der Waals surface area contributed by atoms with E-state index in [0.717, 1.165) is 25.3 Å². The van der Waals surface area contributed by atoms with Gasteiger partial charge in [-0.3, -0.25) is 4.79 Å². The molecule has 0 aliphatic carbocycles. The van der Waals surface area contributed by atoms with Crippen LogP contribution < -0.4 is 9.88 Å². The van der Waals surface area contributed by atoms with Gasteiger partial charge in [-0.25, -0.2) is 18.4 Å². The fourth-order valence-electron chi connectivity index (χ4n) is 3.22. The maximum atomic E-state index is 12.4. The second kappa shape index (κ2) is 8.05. The molecule has 1 aromatic carbocycles. The van der Waals surface area contributed by atoms with Crippen LogP contribution in [-0.2, 0) is 19.6 Å². The number of amides is 1. The third-order valence-corrected chi connectivity index (χ3v) is 5.44. The number of hydrogen-bond donors (Lipinski definition) is 1. The van der Waals surface area contributed by atoms with E-state index in [4.69, 9.17) is 14.6 Å². The SMILES string of the molecule is COc1ccc(S(N)(=O)=O)cc1C(=O)OCC(=O)N1[C@@H](C)CCC[C@@H]1C. The number of piperidine rings is 1. The molecule has 0 spiro atoms. The smallest absolute Gasteiger partial charge is 0.342 e. The molecule has 0 radical (unpaired) electrons. The van der Waals surface area contributed by atoms with Crippen molar-refractivity contribution in [3.8, 4) is 5.75 Å². The van der Waals surface area contributed by atoms with Gasteiger partial charge >= 0.3 is 5.97 Å². The molecule has 0 unspecified atom stereocenters. The highest BCUT2D eigenvalue weighted by molar-refractivity contribution is 7.89. The Kier molecular flexibility index (Phi) is 6.25. The van der Waals surface area contributed by atoms with Crippen molar-refractivity contribution in [2.75, 3.05) is 13.7 Å². The lowest BCUT2D eigenvalue weighted by molar-refractivity contribution is -0.140. The van der Waals surface area contributed by atoms with Gasteiger partial charge in [0.1, 0.15) is 11.3 Å². The fourth-order valence-corrected chi connectivity index (χ4v) is 3.76. The number of esters is 1. The predicted molar refractivity (Wildman–Crippen MR) is 94.3 cm³/mol. The number of nitrogens with two attached hydrogens (primary N) is 1. The largest absolute Gasteiger partial charge is 0.496 e. The van der Waals surface area contributed by atoms with Crippen LogP contribution in [0.1, 0.15) is 43.5 Å². The van der Waals surface area contributed by atoms with Crippen molar-refractivity contribution in [1.82, 2.24) is 4.90 Å². The quantitative estimate of drug-likeness (QED) is 0.765. The molecular formula is C17H24N2O6S. The second-order valence-electron chi connectivity index (χ2n) is 6.41. The van der Waals surface area contributed by atoms with Crippen LogP contribution in [0.4, 0.5) is 0 Å². The van der Waals surface area contributed by atoms with Gasteiger partial charge in [0.05, 0.1) is 12.0 Å². The number of benzene rings is 1. The first kappa shape index (κ1) is 20.2. The highest BCUT2D eigenvalue weighted by Crippen LogP contribution is 2.24. The third kappa shape index (κ3) is 4.53. The normalized spacial score (nSPS) is 20.5. The number of methoxy groups -OCH3 is 1. The number of ether oxygens (including phenoxy) is 2. The summed E-state index contributed by atoms with van der Waals surface area (Å²) in [4.78, 5) is 26.3. The van der Waals surface area contributed by atoms with Crippen molar-refractivity contribution < 1.29 is 27.5 Å². The Hall–Kier alpha value is -2.13. The average Bonchev–Trinajstić information content (AvgIpc) is 2.58. The number of nitrogens with zero attached hydrogens (tertiary/aromatic N) is 1. The minimum atomic E-state index is -3.99. The van der Waals surface area contributed by atoms with E-state index in [9.17, 15) is 18.0 Å². The van der Waals surface area contributed by atoms with Crippen LogP contribution >= 0.6 is 0 Å². The summed E-state index contributed by atoms with van der Waals surface area (Å²) in [6.45, 7) is 3.51. The molecule has 2 atom stereocenters. The Balaban J connectivity index is 2.13. The van der Waals surface area contributed by atoms with Gasteiger partial charge in [0.2, 0.25) is 10.0 Å². The Morgan fingerprint density at radius 3 is 2.38 bits per heavy atom. The number of likely N-dealkylation sites (tertiary alicyclic amines) is 1. The molecule has 0 aromatic heterocycles. The lowest BCUT2D eigenvalue weighted by atomic mass is 9.97. The van der Waals surface area contributed by atoms with Gasteiger partial charge < -0.3 is 14.4 Å². The lowest BCUT2D eigenvalue weighted by Gasteiger charge is -2.38. The van der Waals surface area contributed by atoms with Gasteiger partial charge in [-0.2, -0.15) is 0 Å². The van der Waals surface area contributed by atoms with Crippen LogP contribution in [-0.4, -0.2) is 51.0 Å². The first-order chi connectivity index (χ1) is 12.1.